The first kappa shape index (κ1) is 17.0. The van der Waals surface area contributed by atoms with Crippen LogP contribution in [0.3, 0.4) is 0 Å². The predicted octanol–water partition coefficient (Wildman–Crippen LogP) is 4.05. The molecule has 0 radical (unpaired) electrons. The predicted molar refractivity (Wildman–Crippen MR) is 82.1 cm³/mol. The van der Waals surface area contributed by atoms with E-state index in [1.165, 1.54) is 18.9 Å². The van der Waals surface area contributed by atoms with Crippen molar-refractivity contribution in [3.05, 3.63) is 35.9 Å². The number of hydrogen-bond acceptors (Lipinski definition) is 3. The number of ether oxygens (including phenoxy) is 1. The molecule has 114 valence electrons. The highest BCUT2D eigenvalue weighted by molar-refractivity contribution is 5.85. The average molecular weight is 290 g/mol. The van der Waals surface area contributed by atoms with Crippen LogP contribution in [0, 0.1) is 0 Å². The second kappa shape index (κ2) is 9.75. The molecule has 0 heterocycles. The van der Waals surface area contributed by atoms with Gasteiger partial charge in [-0.05, 0) is 30.2 Å². The molecule has 0 atom stereocenters. The van der Waals surface area contributed by atoms with Crippen LogP contribution in [-0.4, -0.2) is 17.0 Å². The highest BCUT2D eigenvalue weighted by Crippen LogP contribution is 2.15. The molecule has 0 spiro atoms. The lowest BCUT2D eigenvalue weighted by Gasteiger charge is -2.04. The van der Waals surface area contributed by atoms with Crippen LogP contribution in [-0.2, 0) is 9.59 Å². The number of carboxylic acid groups (broad SMARTS) is 1. The summed E-state index contributed by atoms with van der Waals surface area (Å²) in [7, 11) is 0. The maximum absolute atomic E-state index is 11.6. The van der Waals surface area contributed by atoms with Crippen LogP contribution in [0.1, 0.15) is 51.0 Å². The van der Waals surface area contributed by atoms with E-state index in [0.717, 1.165) is 30.9 Å². The fourth-order valence-electron chi connectivity index (χ4n) is 1.87. The average Bonchev–Trinajstić information content (AvgIpc) is 2.46. The molecular formula is C17H22O4. The molecule has 1 N–H and O–H groups in total. The lowest BCUT2D eigenvalue weighted by Crippen LogP contribution is -2.07. The van der Waals surface area contributed by atoms with Gasteiger partial charge < -0.3 is 9.84 Å². The summed E-state index contributed by atoms with van der Waals surface area (Å²) in [6.45, 7) is 2.16. The highest BCUT2D eigenvalue weighted by atomic mass is 16.5. The monoisotopic (exact) mass is 290 g/mol. The van der Waals surface area contributed by atoms with Crippen molar-refractivity contribution in [3.8, 4) is 5.75 Å². The number of carbonyl (C=O) groups is 2. The van der Waals surface area contributed by atoms with Crippen LogP contribution in [0.2, 0.25) is 0 Å². The molecule has 0 aliphatic heterocycles. The van der Waals surface area contributed by atoms with E-state index in [9.17, 15) is 9.59 Å². The standard InChI is InChI=1S/C17H22O4/c1-2-3-4-5-6-7-17(20)21-15-11-8-14(9-12-15)10-13-16(18)19/h8-13H,2-7H2,1H3,(H,18,19). The van der Waals surface area contributed by atoms with Gasteiger partial charge in [-0.2, -0.15) is 0 Å². The summed E-state index contributed by atoms with van der Waals surface area (Å²) >= 11 is 0. The van der Waals surface area contributed by atoms with Gasteiger partial charge in [0.05, 0.1) is 0 Å². The molecule has 4 heteroatoms. The molecule has 0 saturated heterocycles. The Bertz CT molecular complexity index is 474. The highest BCUT2D eigenvalue weighted by Gasteiger charge is 2.04. The van der Waals surface area contributed by atoms with Crippen LogP contribution in [0.5, 0.6) is 5.75 Å². The fourth-order valence-corrected chi connectivity index (χ4v) is 1.87. The first-order valence-electron chi connectivity index (χ1n) is 7.33. The van der Waals surface area contributed by atoms with Crippen molar-refractivity contribution in [2.24, 2.45) is 0 Å². The Balaban J connectivity index is 2.34. The zero-order valence-corrected chi connectivity index (χ0v) is 12.4. The van der Waals surface area contributed by atoms with Gasteiger partial charge in [-0.25, -0.2) is 4.79 Å². The van der Waals surface area contributed by atoms with Crippen LogP contribution in [0.15, 0.2) is 30.3 Å². The summed E-state index contributed by atoms with van der Waals surface area (Å²) in [5.41, 5.74) is 0.747. The molecule has 1 aromatic carbocycles. The van der Waals surface area contributed by atoms with Gasteiger partial charge >= 0.3 is 11.9 Å². The Morgan fingerprint density at radius 2 is 1.76 bits per heavy atom. The lowest BCUT2D eigenvalue weighted by atomic mass is 10.1. The molecule has 0 aromatic heterocycles. The molecule has 1 rings (SSSR count). The van der Waals surface area contributed by atoms with E-state index in [1.807, 2.05) is 0 Å². The van der Waals surface area contributed by atoms with Crippen molar-refractivity contribution in [1.82, 2.24) is 0 Å². The second-order valence-electron chi connectivity index (χ2n) is 4.88. The summed E-state index contributed by atoms with van der Waals surface area (Å²) in [6, 6.07) is 6.75. The number of carbonyl (C=O) groups excluding carboxylic acids is 1. The Kier molecular flexibility index (Phi) is 7.87. The smallest absolute Gasteiger partial charge is 0.328 e. The van der Waals surface area contributed by atoms with Crippen LogP contribution >= 0.6 is 0 Å². The lowest BCUT2D eigenvalue weighted by molar-refractivity contribution is -0.134. The first-order valence-corrected chi connectivity index (χ1v) is 7.33. The number of hydrogen-bond donors (Lipinski definition) is 1. The van der Waals surface area contributed by atoms with E-state index in [0.29, 0.717) is 12.2 Å². The van der Waals surface area contributed by atoms with Gasteiger partial charge in [0, 0.05) is 12.5 Å². The van der Waals surface area contributed by atoms with Gasteiger partial charge in [-0.1, -0.05) is 44.7 Å². The van der Waals surface area contributed by atoms with Crippen LogP contribution < -0.4 is 4.74 Å². The molecule has 21 heavy (non-hydrogen) atoms. The Labute approximate surface area is 125 Å². The molecular weight excluding hydrogens is 268 g/mol. The molecule has 1 aromatic rings. The third-order valence-electron chi connectivity index (χ3n) is 3.01. The number of benzene rings is 1. The van der Waals surface area contributed by atoms with Gasteiger partial charge in [0.1, 0.15) is 5.75 Å². The van der Waals surface area contributed by atoms with Crippen molar-refractivity contribution < 1.29 is 19.4 Å². The van der Waals surface area contributed by atoms with E-state index in [2.05, 4.69) is 6.92 Å². The third-order valence-corrected chi connectivity index (χ3v) is 3.01. The van der Waals surface area contributed by atoms with Gasteiger partial charge in [0.25, 0.3) is 0 Å². The Hall–Kier alpha value is -2.10. The largest absolute Gasteiger partial charge is 0.478 e. The molecule has 0 saturated carbocycles. The number of unbranched alkanes of at least 4 members (excludes halogenated alkanes) is 4. The Morgan fingerprint density at radius 3 is 2.38 bits per heavy atom. The van der Waals surface area contributed by atoms with Crippen molar-refractivity contribution in [3.63, 3.8) is 0 Å². The molecule has 4 nitrogen and oxygen atoms in total. The number of rotatable bonds is 9. The summed E-state index contributed by atoms with van der Waals surface area (Å²) in [6.07, 6.45) is 8.46. The summed E-state index contributed by atoms with van der Waals surface area (Å²) < 4.78 is 5.22. The van der Waals surface area contributed by atoms with Crippen molar-refractivity contribution in [2.45, 2.75) is 45.4 Å². The van der Waals surface area contributed by atoms with Gasteiger partial charge in [0.2, 0.25) is 0 Å². The Morgan fingerprint density at radius 1 is 1.10 bits per heavy atom. The minimum Gasteiger partial charge on any atom is -0.478 e. The molecule has 0 fully saturated rings. The summed E-state index contributed by atoms with van der Waals surface area (Å²) in [5.74, 6) is -0.727. The molecule has 0 amide bonds. The zero-order valence-electron chi connectivity index (χ0n) is 12.4. The normalized spacial score (nSPS) is 10.7. The van der Waals surface area contributed by atoms with Gasteiger partial charge in [0.15, 0.2) is 0 Å². The SMILES string of the molecule is CCCCCCCC(=O)Oc1ccc(C=CC(=O)O)cc1. The number of carboxylic acids is 1. The first-order chi connectivity index (χ1) is 10.1. The minimum atomic E-state index is -0.992. The van der Waals surface area contributed by atoms with E-state index in [1.54, 1.807) is 24.3 Å². The van der Waals surface area contributed by atoms with E-state index in [-0.39, 0.29) is 5.97 Å². The molecule has 0 bridgehead atoms. The molecule has 0 aliphatic carbocycles. The third kappa shape index (κ3) is 7.92. The zero-order chi connectivity index (χ0) is 15.5. The van der Waals surface area contributed by atoms with E-state index in [4.69, 9.17) is 9.84 Å². The number of aliphatic carboxylic acids is 1. The topological polar surface area (TPSA) is 63.6 Å². The summed E-state index contributed by atoms with van der Waals surface area (Å²) in [5, 5.41) is 8.53. The van der Waals surface area contributed by atoms with E-state index >= 15 is 0 Å². The minimum absolute atomic E-state index is 0.222. The van der Waals surface area contributed by atoms with Crippen LogP contribution in [0.4, 0.5) is 0 Å². The van der Waals surface area contributed by atoms with Gasteiger partial charge in [-0.15, -0.1) is 0 Å². The van der Waals surface area contributed by atoms with Crippen molar-refractivity contribution in [2.75, 3.05) is 0 Å². The molecule has 0 unspecified atom stereocenters. The van der Waals surface area contributed by atoms with Crippen LogP contribution in [0.25, 0.3) is 6.08 Å². The summed E-state index contributed by atoms with van der Waals surface area (Å²) in [4.78, 5) is 22.0. The molecule has 0 aliphatic rings. The maximum Gasteiger partial charge on any atom is 0.328 e. The van der Waals surface area contributed by atoms with Crippen molar-refractivity contribution in [1.29, 1.82) is 0 Å². The quantitative estimate of drug-likeness (QED) is 0.322. The van der Waals surface area contributed by atoms with Crippen molar-refractivity contribution >= 4 is 18.0 Å². The second-order valence-corrected chi connectivity index (χ2v) is 4.88. The number of esters is 1. The fraction of sp³-hybridized carbons (Fsp3) is 0.412. The van der Waals surface area contributed by atoms with Gasteiger partial charge in [-0.3, -0.25) is 4.79 Å². The van der Waals surface area contributed by atoms with E-state index < -0.39 is 5.97 Å². The maximum atomic E-state index is 11.6.